The summed E-state index contributed by atoms with van der Waals surface area (Å²) in [5.41, 5.74) is 1.68. The van der Waals surface area contributed by atoms with Crippen LogP contribution in [0.4, 0.5) is 5.82 Å². The van der Waals surface area contributed by atoms with E-state index in [1.54, 1.807) is 7.11 Å². The SMILES string of the molecule is COCCNC(=O)c1c(=O)c2ccc(N3CCN(C)CC3)nc2n2c3c(sc12)C=CCC3. The third-order valence-corrected chi connectivity index (χ3v) is 7.36. The second-order valence-electron chi connectivity index (χ2n) is 8.28. The monoisotopic (exact) mass is 453 g/mol. The number of allylic oxidation sites excluding steroid dienone is 1. The molecule has 168 valence electrons. The van der Waals surface area contributed by atoms with E-state index in [1.807, 2.05) is 16.5 Å². The molecule has 0 radical (unpaired) electrons. The van der Waals surface area contributed by atoms with Crippen LogP contribution < -0.4 is 15.6 Å². The molecule has 2 aliphatic rings. The number of rotatable bonds is 5. The molecule has 4 heterocycles. The van der Waals surface area contributed by atoms with E-state index in [1.165, 1.54) is 11.3 Å². The largest absolute Gasteiger partial charge is 0.383 e. The van der Waals surface area contributed by atoms with Crippen molar-refractivity contribution in [2.45, 2.75) is 12.8 Å². The first kappa shape index (κ1) is 21.1. The Hall–Kier alpha value is -2.75. The number of hydrogen-bond donors (Lipinski definition) is 1. The Bertz CT molecular complexity index is 1270. The number of thiazole rings is 1. The number of carbonyl (C=O) groups excluding carboxylic acids is 1. The average Bonchev–Trinajstić information content (AvgIpc) is 3.19. The van der Waals surface area contributed by atoms with Gasteiger partial charge >= 0.3 is 0 Å². The normalized spacial score (nSPS) is 16.6. The minimum atomic E-state index is -0.364. The zero-order chi connectivity index (χ0) is 22.2. The van der Waals surface area contributed by atoms with Gasteiger partial charge in [0.15, 0.2) is 5.65 Å². The Morgan fingerprint density at radius 2 is 2.06 bits per heavy atom. The summed E-state index contributed by atoms with van der Waals surface area (Å²) in [5, 5.41) is 3.30. The first-order valence-corrected chi connectivity index (χ1v) is 11.8. The van der Waals surface area contributed by atoms with Crippen molar-refractivity contribution in [2.24, 2.45) is 0 Å². The molecule has 3 aromatic heterocycles. The first-order valence-electron chi connectivity index (χ1n) is 11.0. The van der Waals surface area contributed by atoms with Gasteiger partial charge in [-0.1, -0.05) is 6.08 Å². The van der Waals surface area contributed by atoms with Crippen LogP contribution in [0.15, 0.2) is 23.0 Å². The predicted molar refractivity (Wildman–Crippen MR) is 128 cm³/mol. The Labute approximate surface area is 190 Å². The molecule has 0 aromatic carbocycles. The molecular formula is C23H27N5O3S. The second kappa shape index (κ2) is 8.65. The van der Waals surface area contributed by atoms with Crippen LogP contribution in [0, 0.1) is 0 Å². The number of piperazine rings is 1. The van der Waals surface area contributed by atoms with E-state index in [9.17, 15) is 9.59 Å². The van der Waals surface area contributed by atoms with E-state index in [4.69, 9.17) is 9.72 Å². The maximum atomic E-state index is 13.5. The van der Waals surface area contributed by atoms with Crippen LogP contribution in [-0.4, -0.2) is 73.7 Å². The number of aromatic nitrogens is 2. The number of methoxy groups -OCH3 is 1. The number of pyridine rings is 2. The van der Waals surface area contributed by atoms with Gasteiger partial charge in [0.25, 0.3) is 5.91 Å². The number of ether oxygens (including phenoxy) is 1. The summed E-state index contributed by atoms with van der Waals surface area (Å²) in [6, 6.07) is 3.74. The predicted octanol–water partition coefficient (Wildman–Crippen LogP) is 2.00. The molecule has 1 amide bonds. The highest BCUT2D eigenvalue weighted by Gasteiger charge is 2.25. The lowest BCUT2D eigenvalue weighted by atomic mass is 10.1. The maximum Gasteiger partial charge on any atom is 0.258 e. The number of aryl methyl sites for hydroxylation is 1. The number of nitrogens with zero attached hydrogens (tertiary/aromatic N) is 4. The van der Waals surface area contributed by atoms with Crippen molar-refractivity contribution < 1.29 is 9.53 Å². The first-order chi connectivity index (χ1) is 15.6. The number of fused-ring (bicyclic) bond motifs is 5. The summed E-state index contributed by atoms with van der Waals surface area (Å²) in [4.78, 5) is 37.8. The smallest absolute Gasteiger partial charge is 0.258 e. The lowest BCUT2D eigenvalue weighted by Gasteiger charge is -2.33. The Kier molecular flexibility index (Phi) is 5.71. The van der Waals surface area contributed by atoms with Crippen LogP contribution in [0.5, 0.6) is 0 Å². The maximum absolute atomic E-state index is 13.5. The van der Waals surface area contributed by atoms with Crippen molar-refractivity contribution in [2.75, 3.05) is 58.4 Å². The zero-order valence-electron chi connectivity index (χ0n) is 18.4. The quantitative estimate of drug-likeness (QED) is 0.596. The van der Waals surface area contributed by atoms with Crippen LogP contribution in [0.25, 0.3) is 21.9 Å². The van der Waals surface area contributed by atoms with Gasteiger partial charge in [-0.15, -0.1) is 11.3 Å². The zero-order valence-corrected chi connectivity index (χ0v) is 19.2. The van der Waals surface area contributed by atoms with Crippen molar-refractivity contribution in [3.05, 3.63) is 44.6 Å². The van der Waals surface area contributed by atoms with Crippen LogP contribution >= 0.6 is 11.3 Å². The molecule has 9 heteroatoms. The fraction of sp³-hybridized carbons (Fsp3) is 0.435. The lowest BCUT2D eigenvalue weighted by molar-refractivity contribution is 0.0937. The number of likely N-dealkylation sites (N-methyl/N-ethyl adjacent to an activating group) is 1. The molecule has 1 aliphatic heterocycles. The third kappa shape index (κ3) is 3.60. The molecule has 32 heavy (non-hydrogen) atoms. The van der Waals surface area contributed by atoms with Gasteiger partial charge in [0, 0.05) is 50.4 Å². The van der Waals surface area contributed by atoms with Crippen LogP contribution in [0.1, 0.15) is 27.3 Å². The Morgan fingerprint density at radius 3 is 2.84 bits per heavy atom. The molecular weight excluding hydrogens is 426 g/mol. The third-order valence-electron chi connectivity index (χ3n) is 6.18. The van der Waals surface area contributed by atoms with Gasteiger partial charge in [-0.2, -0.15) is 0 Å². The summed E-state index contributed by atoms with van der Waals surface area (Å²) in [6.07, 6.45) is 6.01. The van der Waals surface area contributed by atoms with E-state index in [0.29, 0.717) is 29.0 Å². The molecule has 0 bridgehead atoms. The van der Waals surface area contributed by atoms with E-state index in [2.05, 4.69) is 34.3 Å². The molecule has 1 aliphatic carbocycles. The molecule has 1 saturated heterocycles. The summed E-state index contributed by atoms with van der Waals surface area (Å²) >= 11 is 1.49. The number of amides is 1. The molecule has 8 nitrogen and oxygen atoms in total. The highest BCUT2D eigenvalue weighted by molar-refractivity contribution is 7.18. The Balaban J connectivity index is 1.70. The van der Waals surface area contributed by atoms with Gasteiger partial charge in [-0.3, -0.25) is 14.0 Å². The molecule has 0 atom stereocenters. The summed E-state index contributed by atoms with van der Waals surface area (Å²) in [7, 11) is 3.71. The van der Waals surface area contributed by atoms with E-state index < -0.39 is 0 Å². The van der Waals surface area contributed by atoms with Gasteiger partial charge in [-0.25, -0.2) is 4.98 Å². The van der Waals surface area contributed by atoms with E-state index in [-0.39, 0.29) is 16.9 Å². The van der Waals surface area contributed by atoms with Gasteiger partial charge < -0.3 is 19.9 Å². The van der Waals surface area contributed by atoms with Gasteiger partial charge in [0.2, 0.25) is 5.43 Å². The van der Waals surface area contributed by atoms with Crippen molar-refractivity contribution in [1.82, 2.24) is 19.6 Å². The number of hydrogen-bond acceptors (Lipinski definition) is 7. The number of nitrogens with one attached hydrogen (secondary N) is 1. The van der Waals surface area contributed by atoms with Crippen LogP contribution in [-0.2, 0) is 11.2 Å². The standard InChI is InChI=1S/C23H27N5O3S/c1-26-10-12-27(13-11-26)18-8-7-15-20(29)19(22(30)24-9-14-31-2)23-28(21(15)25-18)16-5-3-4-6-17(16)32-23/h4,6-8H,3,5,9-14H2,1-2H3,(H,24,30). The van der Waals surface area contributed by atoms with Crippen molar-refractivity contribution in [3.8, 4) is 0 Å². The molecule has 5 rings (SSSR count). The lowest BCUT2D eigenvalue weighted by Crippen LogP contribution is -2.44. The number of carbonyl (C=O) groups is 1. The topological polar surface area (TPSA) is 79.2 Å². The molecule has 3 aromatic rings. The van der Waals surface area contributed by atoms with Gasteiger partial charge in [-0.05, 0) is 38.1 Å². The molecule has 0 spiro atoms. The van der Waals surface area contributed by atoms with E-state index >= 15 is 0 Å². The minimum Gasteiger partial charge on any atom is -0.383 e. The fourth-order valence-electron chi connectivity index (χ4n) is 4.39. The summed E-state index contributed by atoms with van der Waals surface area (Å²) in [5.74, 6) is 0.513. The molecule has 0 unspecified atom stereocenters. The second-order valence-corrected chi connectivity index (χ2v) is 9.31. The van der Waals surface area contributed by atoms with Crippen LogP contribution in [0.3, 0.4) is 0 Å². The summed E-state index contributed by atoms with van der Waals surface area (Å²) in [6.45, 7) is 4.51. The highest BCUT2D eigenvalue weighted by atomic mass is 32.1. The van der Waals surface area contributed by atoms with Crippen molar-refractivity contribution in [3.63, 3.8) is 0 Å². The molecule has 1 N–H and O–H groups in total. The minimum absolute atomic E-state index is 0.190. The average molecular weight is 454 g/mol. The molecule has 1 fully saturated rings. The van der Waals surface area contributed by atoms with Crippen LogP contribution in [0.2, 0.25) is 0 Å². The van der Waals surface area contributed by atoms with Crippen molar-refractivity contribution in [1.29, 1.82) is 0 Å². The van der Waals surface area contributed by atoms with E-state index in [0.717, 1.165) is 55.4 Å². The number of anilines is 1. The van der Waals surface area contributed by atoms with Gasteiger partial charge in [0.05, 0.1) is 12.0 Å². The summed E-state index contributed by atoms with van der Waals surface area (Å²) < 4.78 is 7.08. The Morgan fingerprint density at radius 1 is 1.25 bits per heavy atom. The molecule has 0 saturated carbocycles. The van der Waals surface area contributed by atoms with Crippen molar-refractivity contribution >= 4 is 45.0 Å². The highest BCUT2D eigenvalue weighted by Crippen LogP contribution is 2.33. The fourth-order valence-corrected chi connectivity index (χ4v) is 5.65. The van der Waals surface area contributed by atoms with Gasteiger partial charge in [0.1, 0.15) is 16.2 Å².